The van der Waals surface area contributed by atoms with Crippen LogP contribution in [0.1, 0.15) is 10.4 Å². The molecule has 0 heterocycles. The van der Waals surface area contributed by atoms with Crippen molar-refractivity contribution in [2.75, 3.05) is 14.2 Å². The fourth-order valence-corrected chi connectivity index (χ4v) is 2.25. The highest BCUT2D eigenvalue weighted by Gasteiger charge is 2.27. The number of ether oxygens (including phenoxy) is 1. The Balaban J connectivity index is 2.48. The summed E-state index contributed by atoms with van der Waals surface area (Å²) in [6.45, 7) is 0. The molecule has 0 saturated heterocycles. The van der Waals surface area contributed by atoms with Crippen molar-refractivity contribution in [2.24, 2.45) is 5.92 Å². The molecule has 116 valence electrons. The SMILES string of the molecule is CNC(=O)C(C#N)C(=O)c1ccc(OC)c(-c2ccccc2)c1. The van der Waals surface area contributed by atoms with Crippen LogP contribution in [0, 0.1) is 17.2 Å². The van der Waals surface area contributed by atoms with Crippen molar-refractivity contribution in [3.63, 3.8) is 0 Å². The van der Waals surface area contributed by atoms with Gasteiger partial charge in [-0.05, 0) is 23.8 Å². The molecule has 1 atom stereocenters. The first-order valence-corrected chi connectivity index (χ1v) is 7.01. The molecule has 2 rings (SSSR count). The van der Waals surface area contributed by atoms with Gasteiger partial charge in [-0.1, -0.05) is 30.3 Å². The number of methoxy groups -OCH3 is 1. The fourth-order valence-electron chi connectivity index (χ4n) is 2.25. The summed E-state index contributed by atoms with van der Waals surface area (Å²) in [6.07, 6.45) is 0. The number of carbonyl (C=O) groups is 2. The number of nitrogens with zero attached hydrogens (tertiary/aromatic N) is 1. The van der Waals surface area contributed by atoms with Crippen LogP contribution in [0.15, 0.2) is 48.5 Å². The Morgan fingerprint density at radius 3 is 2.43 bits per heavy atom. The van der Waals surface area contributed by atoms with E-state index < -0.39 is 17.6 Å². The van der Waals surface area contributed by atoms with Gasteiger partial charge < -0.3 is 10.1 Å². The van der Waals surface area contributed by atoms with Gasteiger partial charge in [-0.25, -0.2) is 0 Å². The van der Waals surface area contributed by atoms with Gasteiger partial charge in [0.2, 0.25) is 5.91 Å². The van der Waals surface area contributed by atoms with Crippen LogP contribution >= 0.6 is 0 Å². The zero-order valence-electron chi connectivity index (χ0n) is 12.9. The largest absolute Gasteiger partial charge is 0.496 e. The maximum Gasteiger partial charge on any atom is 0.245 e. The van der Waals surface area contributed by atoms with Crippen molar-refractivity contribution < 1.29 is 14.3 Å². The molecule has 1 amide bonds. The number of rotatable bonds is 5. The molecule has 0 spiro atoms. The number of Topliss-reactive ketones (excluding diaryl/α,β-unsaturated/α-hetero) is 1. The van der Waals surface area contributed by atoms with Crippen LogP contribution in [0.5, 0.6) is 5.75 Å². The molecule has 2 aromatic carbocycles. The molecule has 0 aliphatic heterocycles. The van der Waals surface area contributed by atoms with Gasteiger partial charge in [0, 0.05) is 18.2 Å². The first kappa shape index (κ1) is 16.2. The lowest BCUT2D eigenvalue weighted by molar-refractivity contribution is -0.121. The van der Waals surface area contributed by atoms with E-state index >= 15 is 0 Å². The molecule has 0 fully saturated rings. The summed E-state index contributed by atoms with van der Waals surface area (Å²) in [5, 5.41) is 11.4. The molecule has 0 bridgehead atoms. The molecule has 0 radical (unpaired) electrons. The fraction of sp³-hybridized carbons (Fsp3) is 0.167. The van der Waals surface area contributed by atoms with Crippen LogP contribution in [-0.4, -0.2) is 25.8 Å². The monoisotopic (exact) mass is 308 g/mol. The Kier molecular flexibility index (Phi) is 5.11. The summed E-state index contributed by atoms with van der Waals surface area (Å²) >= 11 is 0. The van der Waals surface area contributed by atoms with Gasteiger partial charge in [-0.15, -0.1) is 0 Å². The highest BCUT2D eigenvalue weighted by Crippen LogP contribution is 2.31. The lowest BCUT2D eigenvalue weighted by Gasteiger charge is -2.12. The molecule has 0 aliphatic carbocycles. The summed E-state index contributed by atoms with van der Waals surface area (Å²) in [7, 11) is 2.94. The number of nitriles is 1. The molecular formula is C18H16N2O3. The molecule has 5 heteroatoms. The molecule has 1 N–H and O–H groups in total. The van der Waals surface area contributed by atoms with E-state index in [0.29, 0.717) is 11.3 Å². The van der Waals surface area contributed by atoms with Gasteiger partial charge in [-0.2, -0.15) is 5.26 Å². The lowest BCUT2D eigenvalue weighted by atomic mass is 9.94. The number of hydrogen-bond donors (Lipinski definition) is 1. The summed E-state index contributed by atoms with van der Waals surface area (Å²) in [5.41, 5.74) is 1.90. The van der Waals surface area contributed by atoms with Gasteiger partial charge in [0.15, 0.2) is 11.7 Å². The Hall–Kier alpha value is -3.13. The highest BCUT2D eigenvalue weighted by molar-refractivity contribution is 6.12. The van der Waals surface area contributed by atoms with E-state index in [9.17, 15) is 9.59 Å². The minimum absolute atomic E-state index is 0.291. The molecule has 23 heavy (non-hydrogen) atoms. The number of ketones is 1. The molecule has 0 saturated carbocycles. The van der Waals surface area contributed by atoms with Crippen molar-refractivity contribution in [1.82, 2.24) is 5.32 Å². The average molecular weight is 308 g/mol. The minimum atomic E-state index is -1.36. The van der Waals surface area contributed by atoms with E-state index in [2.05, 4.69) is 5.32 Å². The van der Waals surface area contributed by atoms with Gasteiger partial charge >= 0.3 is 0 Å². The van der Waals surface area contributed by atoms with E-state index in [1.807, 2.05) is 30.3 Å². The Morgan fingerprint density at radius 1 is 1.17 bits per heavy atom. The first-order valence-electron chi connectivity index (χ1n) is 7.01. The van der Waals surface area contributed by atoms with Crippen molar-refractivity contribution in [1.29, 1.82) is 5.26 Å². The standard InChI is InChI=1S/C18H16N2O3/c1-20-18(22)15(11-19)17(21)13-8-9-16(23-2)14(10-13)12-6-4-3-5-7-12/h3-10,15H,1-2H3,(H,20,22). The van der Waals surface area contributed by atoms with E-state index in [0.717, 1.165) is 11.1 Å². The molecule has 5 nitrogen and oxygen atoms in total. The summed E-state index contributed by atoms with van der Waals surface area (Å²) in [5.74, 6) is -1.90. The number of nitrogens with one attached hydrogen (secondary N) is 1. The second-order valence-corrected chi connectivity index (χ2v) is 4.82. The van der Waals surface area contributed by atoms with Gasteiger partial charge in [-0.3, -0.25) is 9.59 Å². The summed E-state index contributed by atoms with van der Waals surface area (Å²) < 4.78 is 5.33. The predicted octanol–water partition coefficient (Wildman–Crippen LogP) is 2.43. The molecular weight excluding hydrogens is 292 g/mol. The average Bonchev–Trinajstić information content (AvgIpc) is 2.62. The normalized spacial score (nSPS) is 11.2. The van der Waals surface area contributed by atoms with Crippen LogP contribution in [-0.2, 0) is 4.79 Å². The smallest absolute Gasteiger partial charge is 0.245 e. The highest BCUT2D eigenvalue weighted by atomic mass is 16.5. The molecule has 0 aliphatic rings. The van der Waals surface area contributed by atoms with Crippen LogP contribution in [0.25, 0.3) is 11.1 Å². The Bertz CT molecular complexity index is 764. The predicted molar refractivity (Wildman–Crippen MR) is 85.9 cm³/mol. The van der Waals surface area contributed by atoms with Crippen molar-refractivity contribution in [3.05, 3.63) is 54.1 Å². The Labute approximate surface area is 134 Å². The topological polar surface area (TPSA) is 79.2 Å². The Morgan fingerprint density at radius 2 is 1.87 bits per heavy atom. The first-order chi connectivity index (χ1) is 11.1. The molecule has 0 aromatic heterocycles. The zero-order chi connectivity index (χ0) is 16.8. The quantitative estimate of drug-likeness (QED) is 0.679. The van der Waals surface area contributed by atoms with Crippen LogP contribution in [0.4, 0.5) is 0 Å². The third kappa shape index (κ3) is 3.38. The maximum absolute atomic E-state index is 12.4. The zero-order valence-corrected chi connectivity index (χ0v) is 12.9. The number of carbonyl (C=O) groups excluding carboxylic acids is 2. The number of benzene rings is 2. The van der Waals surface area contributed by atoms with Crippen molar-refractivity contribution >= 4 is 11.7 Å². The van der Waals surface area contributed by atoms with Gasteiger partial charge in [0.25, 0.3) is 0 Å². The molecule has 1 unspecified atom stereocenters. The summed E-state index contributed by atoms with van der Waals surface area (Å²) in [6, 6.07) is 16.0. The minimum Gasteiger partial charge on any atom is -0.496 e. The van der Waals surface area contributed by atoms with Crippen LogP contribution in [0.3, 0.4) is 0 Å². The van der Waals surface area contributed by atoms with Crippen LogP contribution < -0.4 is 10.1 Å². The van der Waals surface area contributed by atoms with Crippen LogP contribution in [0.2, 0.25) is 0 Å². The number of hydrogen-bond acceptors (Lipinski definition) is 4. The lowest BCUT2D eigenvalue weighted by Crippen LogP contribution is -2.32. The van der Waals surface area contributed by atoms with E-state index in [1.165, 1.54) is 7.05 Å². The van der Waals surface area contributed by atoms with Crippen molar-refractivity contribution in [2.45, 2.75) is 0 Å². The summed E-state index contributed by atoms with van der Waals surface area (Å²) in [4.78, 5) is 24.1. The van der Waals surface area contributed by atoms with E-state index in [-0.39, 0.29) is 0 Å². The number of amides is 1. The van der Waals surface area contributed by atoms with Gasteiger partial charge in [0.05, 0.1) is 13.2 Å². The van der Waals surface area contributed by atoms with Crippen molar-refractivity contribution in [3.8, 4) is 22.9 Å². The third-order valence-electron chi connectivity index (χ3n) is 3.47. The van der Waals surface area contributed by atoms with E-state index in [1.54, 1.807) is 31.4 Å². The third-order valence-corrected chi connectivity index (χ3v) is 3.47. The molecule has 2 aromatic rings. The van der Waals surface area contributed by atoms with E-state index in [4.69, 9.17) is 10.00 Å². The maximum atomic E-state index is 12.4. The second kappa shape index (κ2) is 7.23. The second-order valence-electron chi connectivity index (χ2n) is 4.82. The van der Waals surface area contributed by atoms with Gasteiger partial charge in [0.1, 0.15) is 5.75 Å².